The molecule has 0 aromatic carbocycles. The second kappa shape index (κ2) is 14.6. The van der Waals surface area contributed by atoms with Gasteiger partial charge in [0.2, 0.25) is 0 Å². The summed E-state index contributed by atoms with van der Waals surface area (Å²) in [5.74, 6) is 0. The zero-order valence-corrected chi connectivity index (χ0v) is 14.0. The fourth-order valence-corrected chi connectivity index (χ4v) is 2.07. The van der Waals surface area contributed by atoms with Gasteiger partial charge in [-0.3, -0.25) is 0 Å². The molecule has 0 radical (unpaired) electrons. The standard InChI is InChI=1S/C15H34N.CH2O3/c1-5-6-7-8-9-10-11-12-13-14-15-16(2,3)4;2-1(3)4/h5-15H2,1-4H3;(H2,2,3,4)/q+1;. The SMILES string of the molecule is CCCCCCCCCCCC[N+](C)(C)C.O=C(O)O. The van der Waals surface area contributed by atoms with E-state index < -0.39 is 6.16 Å². The van der Waals surface area contributed by atoms with Crippen molar-refractivity contribution in [3.8, 4) is 0 Å². The highest BCUT2D eigenvalue weighted by atomic mass is 16.6. The van der Waals surface area contributed by atoms with E-state index in [1.54, 1.807) is 0 Å². The predicted molar refractivity (Wildman–Crippen MR) is 85.4 cm³/mol. The maximum atomic E-state index is 8.56. The number of nitrogens with zero attached hydrogens (tertiary/aromatic N) is 1. The lowest BCUT2D eigenvalue weighted by molar-refractivity contribution is -0.870. The van der Waals surface area contributed by atoms with Crippen LogP contribution in [0.2, 0.25) is 0 Å². The topological polar surface area (TPSA) is 57.5 Å². The lowest BCUT2D eigenvalue weighted by Gasteiger charge is -2.23. The lowest BCUT2D eigenvalue weighted by atomic mass is 10.1. The van der Waals surface area contributed by atoms with Gasteiger partial charge in [0.1, 0.15) is 0 Å². The Labute approximate surface area is 125 Å². The molecule has 0 fully saturated rings. The summed E-state index contributed by atoms with van der Waals surface area (Å²) < 4.78 is 1.12. The molecule has 20 heavy (non-hydrogen) atoms. The van der Waals surface area contributed by atoms with Gasteiger partial charge in [-0.2, -0.15) is 0 Å². The van der Waals surface area contributed by atoms with Gasteiger partial charge >= 0.3 is 6.16 Å². The monoisotopic (exact) mass is 290 g/mol. The summed E-state index contributed by atoms with van der Waals surface area (Å²) in [6.07, 6.45) is 12.6. The van der Waals surface area contributed by atoms with Gasteiger partial charge in [-0.25, -0.2) is 4.79 Å². The number of carbonyl (C=O) groups is 1. The van der Waals surface area contributed by atoms with Crippen molar-refractivity contribution in [3.63, 3.8) is 0 Å². The van der Waals surface area contributed by atoms with Gasteiger partial charge in [-0.05, 0) is 12.8 Å². The molecule has 4 nitrogen and oxygen atoms in total. The normalized spacial score (nSPS) is 10.8. The Morgan fingerprint density at radius 2 is 1.05 bits per heavy atom. The molecule has 0 aliphatic carbocycles. The Bertz CT molecular complexity index is 208. The van der Waals surface area contributed by atoms with Gasteiger partial charge in [0.15, 0.2) is 0 Å². The third-order valence-electron chi connectivity index (χ3n) is 3.18. The van der Waals surface area contributed by atoms with Crippen molar-refractivity contribution in [2.75, 3.05) is 27.7 Å². The smallest absolute Gasteiger partial charge is 0.450 e. The van der Waals surface area contributed by atoms with Crippen LogP contribution in [0.4, 0.5) is 4.79 Å². The number of carboxylic acid groups (broad SMARTS) is 2. The fourth-order valence-electron chi connectivity index (χ4n) is 2.07. The van der Waals surface area contributed by atoms with Crippen LogP contribution < -0.4 is 0 Å². The van der Waals surface area contributed by atoms with Gasteiger partial charge in [0, 0.05) is 0 Å². The van der Waals surface area contributed by atoms with Crippen molar-refractivity contribution in [1.82, 2.24) is 0 Å². The van der Waals surface area contributed by atoms with E-state index in [0.717, 1.165) is 4.48 Å². The molecule has 0 atom stereocenters. The number of quaternary nitrogens is 1. The van der Waals surface area contributed by atoms with E-state index in [1.165, 1.54) is 70.8 Å². The van der Waals surface area contributed by atoms with E-state index in [0.29, 0.717) is 0 Å². The number of rotatable bonds is 11. The van der Waals surface area contributed by atoms with Crippen LogP contribution in [0.3, 0.4) is 0 Å². The molecule has 0 bridgehead atoms. The van der Waals surface area contributed by atoms with Gasteiger partial charge in [0.25, 0.3) is 0 Å². The van der Waals surface area contributed by atoms with Crippen LogP contribution in [-0.2, 0) is 0 Å². The maximum Gasteiger partial charge on any atom is 0.503 e. The summed E-state index contributed by atoms with van der Waals surface area (Å²) in [6.45, 7) is 3.62. The molecule has 122 valence electrons. The van der Waals surface area contributed by atoms with Crippen molar-refractivity contribution >= 4 is 6.16 Å². The van der Waals surface area contributed by atoms with E-state index in [9.17, 15) is 0 Å². The lowest BCUT2D eigenvalue weighted by Crippen LogP contribution is -2.35. The Morgan fingerprint density at radius 1 is 0.750 bits per heavy atom. The summed E-state index contributed by atoms with van der Waals surface area (Å²) in [5.41, 5.74) is 0. The van der Waals surface area contributed by atoms with Crippen molar-refractivity contribution in [2.45, 2.75) is 71.1 Å². The highest BCUT2D eigenvalue weighted by Gasteiger charge is 2.04. The molecule has 0 saturated carbocycles. The minimum atomic E-state index is -1.83. The Hall–Kier alpha value is -0.770. The molecule has 0 heterocycles. The predicted octanol–water partition coefficient (Wildman–Crippen LogP) is 4.84. The van der Waals surface area contributed by atoms with Crippen molar-refractivity contribution in [2.24, 2.45) is 0 Å². The minimum absolute atomic E-state index is 1.12. The van der Waals surface area contributed by atoms with Crippen molar-refractivity contribution in [1.29, 1.82) is 0 Å². The molecule has 0 aliphatic heterocycles. The van der Waals surface area contributed by atoms with Crippen LogP contribution >= 0.6 is 0 Å². The molecule has 0 rings (SSSR count). The molecule has 2 N–H and O–H groups in total. The first kappa shape index (κ1) is 21.5. The zero-order chi connectivity index (χ0) is 15.9. The second-order valence-corrected chi connectivity index (χ2v) is 6.48. The third kappa shape index (κ3) is 30.3. The van der Waals surface area contributed by atoms with Crippen molar-refractivity contribution < 1.29 is 19.5 Å². The summed E-state index contributed by atoms with van der Waals surface area (Å²) >= 11 is 0. The van der Waals surface area contributed by atoms with Gasteiger partial charge < -0.3 is 14.7 Å². The second-order valence-electron chi connectivity index (χ2n) is 6.48. The van der Waals surface area contributed by atoms with Gasteiger partial charge in [0.05, 0.1) is 27.7 Å². The van der Waals surface area contributed by atoms with Gasteiger partial charge in [-0.15, -0.1) is 0 Å². The van der Waals surface area contributed by atoms with Crippen LogP contribution in [0.5, 0.6) is 0 Å². The number of unbranched alkanes of at least 4 members (excludes halogenated alkanes) is 9. The number of hydrogen-bond acceptors (Lipinski definition) is 1. The molecule has 0 aromatic heterocycles. The Morgan fingerprint density at radius 3 is 1.35 bits per heavy atom. The first-order valence-electron chi connectivity index (χ1n) is 8.02. The summed E-state index contributed by atoms with van der Waals surface area (Å²) in [5, 5.41) is 13.9. The molecule has 4 heteroatoms. The fraction of sp³-hybridized carbons (Fsp3) is 0.938. The van der Waals surface area contributed by atoms with Crippen LogP contribution in [0, 0.1) is 0 Å². The van der Waals surface area contributed by atoms with Crippen LogP contribution in [0.1, 0.15) is 71.1 Å². The zero-order valence-electron chi connectivity index (χ0n) is 14.0. The van der Waals surface area contributed by atoms with Crippen LogP contribution in [0.25, 0.3) is 0 Å². The Balaban J connectivity index is 0. The molecular formula is C16H36NO3+. The molecule has 0 spiro atoms. The highest BCUT2D eigenvalue weighted by Crippen LogP contribution is 2.10. The quantitative estimate of drug-likeness (QED) is 0.423. The van der Waals surface area contributed by atoms with E-state index in [2.05, 4.69) is 28.1 Å². The molecule has 0 unspecified atom stereocenters. The average Bonchev–Trinajstić information content (AvgIpc) is 2.29. The third-order valence-corrected chi connectivity index (χ3v) is 3.18. The van der Waals surface area contributed by atoms with E-state index in [-0.39, 0.29) is 0 Å². The van der Waals surface area contributed by atoms with Gasteiger partial charge in [-0.1, -0.05) is 58.3 Å². The molecule has 0 aliphatic rings. The molecular weight excluding hydrogens is 254 g/mol. The Kier molecular flexibility index (Phi) is 15.8. The van der Waals surface area contributed by atoms with E-state index >= 15 is 0 Å². The first-order chi connectivity index (χ1) is 9.29. The summed E-state index contributed by atoms with van der Waals surface area (Å²) in [4.78, 5) is 8.56. The first-order valence-corrected chi connectivity index (χ1v) is 8.02. The van der Waals surface area contributed by atoms with Crippen molar-refractivity contribution in [3.05, 3.63) is 0 Å². The average molecular weight is 290 g/mol. The summed E-state index contributed by atoms with van der Waals surface area (Å²) in [7, 11) is 6.86. The maximum absolute atomic E-state index is 8.56. The minimum Gasteiger partial charge on any atom is -0.450 e. The largest absolute Gasteiger partial charge is 0.503 e. The van der Waals surface area contributed by atoms with E-state index in [4.69, 9.17) is 15.0 Å². The summed E-state index contributed by atoms with van der Waals surface area (Å²) in [6, 6.07) is 0. The van der Waals surface area contributed by atoms with Crippen LogP contribution in [0.15, 0.2) is 0 Å². The molecule has 0 aromatic rings. The number of hydrogen-bond donors (Lipinski definition) is 2. The molecule has 0 amide bonds. The highest BCUT2D eigenvalue weighted by molar-refractivity contribution is 5.53. The van der Waals surface area contributed by atoms with Crippen LogP contribution in [-0.4, -0.2) is 48.5 Å². The molecule has 0 saturated heterocycles. The van der Waals surface area contributed by atoms with E-state index in [1.807, 2.05) is 0 Å².